The SMILES string of the molecule is CCC(Oc1ccc(F)cc1)(c1cccs1)N(C)C.Cl. The number of ether oxygens (including phenoxy) is 1. The molecule has 2 aromatic rings. The van der Waals surface area contributed by atoms with E-state index in [2.05, 4.69) is 17.9 Å². The number of hydrogen-bond acceptors (Lipinski definition) is 3. The average Bonchev–Trinajstić information content (AvgIpc) is 2.92. The van der Waals surface area contributed by atoms with Crippen LogP contribution in [0.1, 0.15) is 18.2 Å². The molecule has 1 atom stereocenters. The van der Waals surface area contributed by atoms with Crippen LogP contribution >= 0.6 is 23.7 Å². The van der Waals surface area contributed by atoms with Crippen molar-refractivity contribution in [1.82, 2.24) is 4.90 Å². The lowest BCUT2D eigenvalue weighted by Gasteiger charge is -2.38. The van der Waals surface area contributed by atoms with Crippen LogP contribution in [-0.2, 0) is 5.72 Å². The van der Waals surface area contributed by atoms with Crippen LogP contribution in [0, 0.1) is 5.82 Å². The van der Waals surface area contributed by atoms with Crippen LogP contribution < -0.4 is 4.74 Å². The Morgan fingerprint density at radius 1 is 1.20 bits per heavy atom. The van der Waals surface area contributed by atoms with Gasteiger partial charge in [-0.25, -0.2) is 4.39 Å². The minimum Gasteiger partial charge on any atom is -0.468 e. The van der Waals surface area contributed by atoms with Crippen molar-refractivity contribution < 1.29 is 9.13 Å². The van der Waals surface area contributed by atoms with Crippen LogP contribution in [0.2, 0.25) is 0 Å². The fourth-order valence-electron chi connectivity index (χ4n) is 2.12. The van der Waals surface area contributed by atoms with E-state index in [9.17, 15) is 4.39 Å². The van der Waals surface area contributed by atoms with Crippen molar-refractivity contribution in [2.45, 2.75) is 19.1 Å². The summed E-state index contributed by atoms with van der Waals surface area (Å²) in [6.07, 6.45) is 0.803. The second-order valence-electron chi connectivity index (χ2n) is 4.57. The van der Waals surface area contributed by atoms with Gasteiger partial charge in [-0.1, -0.05) is 13.0 Å². The van der Waals surface area contributed by atoms with Gasteiger partial charge in [0.1, 0.15) is 11.6 Å². The van der Waals surface area contributed by atoms with Gasteiger partial charge in [0.05, 0.1) is 4.88 Å². The molecule has 0 N–H and O–H groups in total. The molecule has 2 rings (SSSR count). The maximum atomic E-state index is 13.0. The summed E-state index contributed by atoms with van der Waals surface area (Å²) in [5.41, 5.74) is -0.508. The molecule has 0 aliphatic heterocycles. The number of benzene rings is 1. The normalized spacial score (nSPS) is 13.7. The average molecular weight is 316 g/mol. The molecule has 1 aromatic heterocycles. The Hall–Kier alpha value is -1.10. The molecule has 0 aliphatic carbocycles. The van der Waals surface area contributed by atoms with E-state index in [1.807, 2.05) is 25.5 Å². The Labute approximate surface area is 129 Å². The lowest BCUT2D eigenvalue weighted by molar-refractivity contribution is -0.0643. The van der Waals surface area contributed by atoms with E-state index >= 15 is 0 Å². The summed E-state index contributed by atoms with van der Waals surface area (Å²) in [6, 6.07) is 10.2. The van der Waals surface area contributed by atoms with Crippen molar-refractivity contribution in [3.63, 3.8) is 0 Å². The third kappa shape index (κ3) is 3.32. The second-order valence-corrected chi connectivity index (χ2v) is 5.51. The van der Waals surface area contributed by atoms with Gasteiger partial charge in [0.15, 0.2) is 5.72 Å². The molecule has 0 amide bonds. The van der Waals surface area contributed by atoms with Crippen LogP contribution in [0.3, 0.4) is 0 Å². The highest BCUT2D eigenvalue weighted by molar-refractivity contribution is 7.10. The van der Waals surface area contributed by atoms with Crippen molar-refractivity contribution in [2.24, 2.45) is 0 Å². The molecule has 0 aliphatic rings. The Kier molecular flexibility index (Phi) is 5.99. The molecular weight excluding hydrogens is 297 g/mol. The molecule has 1 aromatic carbocycles. The van der Waals surface area contributed by atoms with Gasteiger partial charge in [0.25, 0.3) is 0 Å². The van der Waals surface area contributed by atoms with Gasteiger partial charge in [-0.15, -0.1) is 23.7 Å². The van der Waals surface area contributed by atoms with E-state index in [4.69, 9.17) is 4.74 Å². The fraction of sp³-hybridized carbons (Fsp3) is 0.333. The van der Waals surface area contributed by atoms with E-state index in [-0.39, 0.29) is 18.2 Å². The lowest BCUT2D eigenvalue weighted by atomic mass is 10.1. The van der Waals surface area contributed by atoms with Gasteiger partial charge < -0.3 is 4.74 Å². The Morgan fingerprint density at radius 2 is 1.85 bits per heavy atom. The maximum absolute atomic E-state index is 13.0. The molecule has 110 valence electrons. The summed E-state index contributed by atoms with van der Waals surface area (Å²) < 4.78 is 19.2. The van der Waals surface area contributed by atoms with Gasteiger partial charge in [-0.05, 0) is 49.8 Å². The maximum Gasteiger partial charge on any atom is 0.198 e. The van der Waals surface area contributed by atoms with Crippen molar-refractivity contribution in [3.8, 4) is 5.75 Å². The zero-order valence-electron chi connectivity index (χ0n) is 11.8. The fourth-order valence-corrected chi connectivity index (χ4v) is 3.14. The lowest BCUT2D eigenvalue weighted by Crippen LogP contribution is -2.45. The van der Waals surface area contributed by atoms with Gasteiger partial charge in [-0.3, -0.25) is 4.90 Å². The molecular formula is C15H19ClFNOS. The zero-order valence-corrected chi connectivity index (χ0v) is 13.4. The largest absolute Gasteiger partial charge is 0.468 e. The predicted octanol–water partition coefficient (Wildman–Crippen LogP) is 4.51. The van der Waals surface area contributed by atoms with Gasteiger partial charge >= 0.3 is 0 Å². The van der Waals surface area contributed by atoms with E-state index in [1.165, 1.54) is 12.1 Å². The Bertz CT molecular complexity index is 515. The van der Waals surface area contributed by atoms with Crippen LogP contribution in [0.4, 0.5) is 4.39 Å². The first-order valence-corrected chi connectivity index (χ1v) is 7.12. The summed E-state index contributed by atoms with van der Waals surface area (Å²) in [6.45, 7) is 2.09. The van der Waals surface area contributed by atoms with E-state index in [1.54, 1.807) is 23.5 Å². The smallest absolute Gasteiger partial charge is 0.198 e. The Morgan fingerprint density at radius 3 is 2.30 bits per heavy atom. The van der Waals surface area contributed by atoms with Crippen molar-refractivity contribution in [1.29, 1.82) is 0 Å². The molecule has 0 radical (unpaired) electrons. The topological polar surface area (TPSA) is 12.5 Å². The standard InChI is InChI=1S/C15H18FNOS.ClH/c1-4-15(17(2)3,14-6-5-11-19-14)18-13-9-7-12(16)8-10-13;/h5-11H,4H2,1-3H3;1H. The zero-order chi connectivity index (χ0) is 13.9. The molecule has 1 unspecified atom stereocenters. The molecule has 0 saturated heterocycles. The van der Waals surface area contributed by atoms with Crippen LogP contribution in [0.25, 0.3) is 0 Å². The number of nitrogens with zero attached hydrogens (tertiary/aromatic N) is 1. The molecule has 20 heavy (non-hydrogen) atoms. The van der Waals surface area contributed by atoms with Gasteiger partial charge in [-0.2, -0.15) is 0 Å². The number of halogens is 2. The quantitative estimate of drug-likeness (QED) is 0.753. The predicted molar refractivity (Wildman–Crippen MR) is 84.3 cm³/mol. The minimum absolute atomic E-state index is 0. The van der Waals surface area contributed by atoms with Crippen LogP contribution in [0.5, 0.6) is 5.75 Å². The molecule has 0 fully saturated rings. The summed E-state index contributed by atoms with van der Waals surface area (Å²) >= 11 is 1.66. The van der Waals surface area contributed by atoms with E-state index < -0.39 is 5.72 Å². The molecule has 5 heteroatoms. The number of rotatable bonds is 5. The molecule has 1 heterocycles. The third-order valence-corrected chi connectivity index (χ3v) is 4.21. The van der Waals surface area contributed by atoms with Crippen molar-refractivity contribution >= 4 is 23.7 Å². The van der Waals surface area contributed by atoms with Crippen molar-refractivity contribution in [2.75, 3.05) is 14.1 Å². The summed E-state index contributed by atoms with van der Waals surface area (Å²) in [4.78, 5) is 3.20. The first-order chi connectivity index (χ1) is 9.08. The number of thiophene rings is 1. The van der Waals surface area contributed by atoms with E-state index in [0.717, 1.165) is 11.3 Å². The Balaban J connectivity index is 0.00000200. The van der Waals surface area contributed by atoms with Crippen LogP contribution in [-0.4, -0.2) is 19.0 Å². The molecule has 2 nitrogen and oxygen atoms in total. The minimum atomic E-state index is -0.508. The highest BCUT2D eigenvalue weighted by Crippen LogP contribution is 2.36. The monoisotopic (exact) mass is 315 g/mol. The highest BCUT2D eigenvalue weighted by Gasteiger charge is 2.36. The first kappa shape index (κ1) is 17.0. The second kappa shape index (κ2) is 7.07. The molecule has 0 saturated carbocycles. The van der Waals surface area contributed by atoms with E-state index in [0.29, 0.717) is 5.75 Å². The van der Waals surface area contributed by atoms with Gasteiger partial charge in [0, 0.05) is 6.42 Å². The molecule has 0 bridgehead atoms. The highest BCUT2D eigenvalue weighted by atomic mass is 35.5. The summed E-state index contributed by atoms with van der Waals surface area (Å²) in [7, 11) is 3.99. The number of hydrogen-bond donors (Lipinski definition) is 0. The first-order valence-electron chi connectivity index (χ1n) is 6.24. The van der Waals surface area contributed by atoms with Gasteiger partial charge in [0.2, 0.25) is 0 Å². The summed E-state index contributed by atoms with van der Waals surface area (Å²) in [5.74, 6) is 0.417. The van der Waals surface area contributed by atoms with Crippen LogP contribution in [0.15, 0.2) is 41.8 Å². The van der Waals surface area contributed by atoms with Crippen molar-refractivity contribution in [3.05, 3.63) is 52.5 Å². The summed E-state index contributed by atoms with van der Waals surface area (Å²) in [5, 5.41) is 2.04. The third-order valence-electron chi connectivity index (χ3n) is 3.21. The molecule has 0 spiro atoms.